The highest BCUT2D eigenvalue weighted by Crippen LogP contribution is 2.21. The van der Waals surface area contributed by atoms with E-state index in [2.05, 4.69) is 4.72 Å². The van der Waals surface area contributed by atoms with Crippen molar-refractivity contribution in [3.05, 3.63) is 72.3 Å². The molecule has 1 atom stereocenters. The quantitative estimate of drug-likeness (QED) is 0.579. The van der Waals surface area contributed by atoms with Crippen LogP contribution in [0.5, 0.6) is 0 Å². The Labute approximate surface area is 183 Å². The highest BCUT2D eigenvalue weighted by Gasteiger charge is 2.30. The third-order valence-electron chi connectivity index (χ3n) is 5.69. The Bertz CT molecular complexity index is 1190. The summed E-state index contributed by atoms with van der Waals surface area (Å²) in [7, 11) is -3.89. The van der Waals surface area contributed by atoms with E-state index < -0.39 is 16.1 Å². The third-order valence-corrected chi connectivity index (χ3v) is 7.15. The number of nitrogen functional groups attached to an aromatic ring is 1. The van der Waals surface area contributed by atoms with E-state index >= 15 is 0 Å². The molecule has 3 N–H and O–H groups in total. The number of nitrogens with zero attached hydrogens (tertiary/aromatic N) is 1. The van der Waals surface area contributed by atoms with Gasteiger partial charge in [0.05, 0.1) is 4.90 Å². The molecular weight excluding hydrogens is 410 g/mol. The van der Waals surface area contributed by atoms with Gasteiger partial charge < -0.3 is 10.6 Å². The van der Waals surface area contributed by atoms with Crippen LogP contribution in [0.1, 0.15) is 24.8 Å². The summed E-state index contributed by atoms with van der Waals surface area (Å²) in [5.41, 5.74) is 7.29. The normalized spacial score (nSPS) is 15.7. The Morgan fingerprint density at radius 2 is 1.68 bits per heavy atom. The number of anilines is 1. The maximum Gasteiger partial charge on any atom is 0.241 e. The van der Waals surface area contributed by atoms with Crippen molar-refractivity contribution in [2.75, 3.05) is 18.8 Å². The van der Waals surface area contributed by atoms with Gasteiger partial charge in [0.25, 0.3) is 0 Å². The summed E-state index contributed by atoms with van der Waals surface area (Å²) in [5.74, 6) is -0.188. The second-order valence-electron chi connectivity index (χ2n) is 8.02. The summed E-state index contributed by atoms with van der Waals surface area (Å²) in [6.45, 7) is 1.31. The van der Waals surface area contributed by atoms with Crippen molar-refractivity contribution in [2.45, 2.75) is 36.6 Å². The first kappa shape index (κ1) is 21.3. The van der Waals surface area contributed by atoms with Crippen LogP contribution < -0.4 is 10.5 Å². The predicted octanol–water partition coefficient (Wildman–Crippen LogP) is 3.32. The number of carbonyl (C=O) groups excluding carboxylic acids is 1. The number of piperidine rings is 1. The Kier molecular flexibility index (Phi) is 6.25. The van der Waals surface area contributed by atoms with Crippen LogP contribution in [-0.4, -0.2) is 38.4 Å². The number of fused-ring (bicyclic) bond motifs is 1. The van der Waals surface area contributed by atoms with Crippen LogP contribution in [0.3, 0.4) is 0 Å². The monoisotopic (exact) mass is 437 g/mol. The van der Waals surface area contributed by atoms with E-state index in [0.29, 0.717) is 18.8 Å². The molecule has 7 heteroatoms. The smallest absolute Gasteiger partial charge is 0.241 e. The van der Waals surface area contributed by atoms with Crippen molar-refractivity contribution in [3.8, 4) is 0 Å². The summed E-state index contributed by atoms with van der Waals surface area (Å²) in [6.07, 6.45) is 3.21. The van der Waals surface area contributed by atoms with Gasteiger partial charge in [0.1, 0.15) is 6.04 Å². The lowest BCUT2D eigenvalue weighted by Crippen LogP contribution is -2.50. The molecule has 4 rings (SSSR count). The van der Waals surface area contributed by atoms with Gasteiger partial charge in [-0.3, -0.25) is 4.79 Å². The van der Waals surface area contributed by atoms with Crippen LogP contribution in [0.2, 0.25) is 0 Å². The van der Waals surface area contributed by atoms with Gasteiger partial charge in [-0.15, -0.1) is 0 Å². The molecule has 31 heavy (non-hydrogen) atoms. The molecule has 6 nitrogen and oxygen atoms in total. The average Bonchev–Trinajstić information content (AvgIpc) is 2.78. The molecule has 0 spiro atoms. The Hall–Kier alpha value is -2.90. The maximum absolute atomic E-state index is 13.3. The number of sulfonamides is 1. The van der Waals surface area contributed by atoms with Gasteiger partial charge in [0.2, 0.25) is 15.9 Å². The lowest BCUT2D eigenvalue weighted by Gasteiger charge is -2.30. The number of hydrogen-bond acceptors (Lipinski definition) is 4. The lowest BCUT2D eigenvalue weighted by molar-refractivity contribution is -0.133. The minimum atomic E-state index is -3.89. The van der Waals surface area contributed by atoms with Gasteiger partial charge in [0, 0.05) is 18.8 Å². The van der Waals surface area contributed by atoms with Gasteiger partial charge in [-0.05, 0) is 66.3 Å². The summed E-state index contributed by atoms with van der Waals surface area (Å²) < 4.78 is 29.1. The standard InChI is InChI=1S/C24H27N3O3S/c25-21-10-6-7-18(15-21)16-23(24(28)27-13-4-1-5-14-27)26-31(29,30)22-12-11-19-8-2-3-9-20(19)17-22/h2-3,6-12,15,17,23,26H,1,4-5,13-14,16,25H2/t23-/m0/s1. The first-order valence-corrected chi connectivity index (χ1v) is 12.0. The van der Waals surface area contributed by atoms with E-state index in [-0.39, 0.29) is 17.2 Å². The number of carbonyl (C=O) groups is 1. The molecule has 0 bridgehead atoms. The molecule has 1 heterocycles. The van der Waals surface area contributed by atoms with Crippen molar-refractivity contribution in [2.24, 2.45) is 0 Å². The fraction of sp³-hybridized carbons (Fsp3) is 0.292. The summed E-state index contributed by atoms with van der Waals surface area (Å²) in [4.78, 5) is 15.2. The molecule has 3 aromatic rings. The molecule has 1 aliphatic heterocycles. The minimum Gasteiger partial charge on any atom is -0.399 e. The number of amides is 1. The molecule has 162 valence electrons. The number of nitrogens with one attached hydrogen (secondary N) is 1. The molecule has 3 aromatic carbocycles. The van der Waals surface area contributed by atoms with Crippen molar-refractivity contribution in [3.63, 3.8) is 0 Å². The van der Waals surface area contributed by atoms with Gasteiger partial charge >= 0.3 is 0 Å². The van der Waals surface area contributed by atoms with Gasteiger partial charge in [-0.1, -0.05) is 42.5 Å². The molecule has 0 radical (unpaired) electrons. The van der Waals surface area contributed by atoms with Crippen molar-refractivity contribution in [1.82, 2.24) is 9.62 Å². The molecule has 1 saturated heterocycles. The van der Waals surface area contributed by atoms with Crippen LogP contribution in [0.4, 0.5) is 5.69 Å². The van der Waals surface area contributed by atoms with Gasteiger partial charge in [-0.25, -0.2) is 8.42 Å². The summed E-state index contributed by atoms with van der Waals surface area (Å²) in [6, 6.07) is 18.9. The van der Waals surface area contributed by atoms with Crippen LogP contribution in [0, 0.1) is 0 Å². The second-order valence-corrected chi connectivity index (χ2v) is 9.73. The summed E-state index contributed by atoms with van der Waals surface area (Å²) >= 11 is 0. The Morgan fingerprint density at radius 3 is 2.42 bits per heavy atom. The highest BCUT2D eigenvalue weighted by molar-refractivity contribution is 7.89. The molecule has 1 amide bonds. The third kappa shape index (κ3) is 5.06. The van der Waals surface area contributed by atoms with Crippen molar-refractivity contribution in [1.29, 1.82) is 0 Å². The largest absolute Gasteiger partial charge is 0.399 e. The number of nitrogens with two attached hydrogens (primary N) is 1. The minimum absolute atomic E-state index is 0.148. The molecule has 0 saturated carbocycles. The topological polar surface area (TPSA) is 92.5 Å². The fourth-order valence-electron chi connectivity index (χ4n) is 4.06. The zero-order valence-corrected chi connectivity index (χ0v) is 18.1. The maximum atomic E-state index is 13.3. The van der Waals surface area contributed by atoms with E-state index in [1.165, 1.54) is 0 Å². The second kappa shape index (κ2) is 9.08. The predicted molar refractivity (Wildman–Crippen MR) is 123 cm³/mol. The van der Waals surface area contributed by atoms with Crippen LogP contribution >= 0.6 is 0 Å². The molecule has 1 fully saturated rings. The molecule has 1 aliphatic rings. The zero-order chi connectivity index (χ0) is 21.8. The Balaban J connectivity index is 1.63. The van der Waals surface area contributed by atoms with E-state index in [1.54, 1.807) is 35.2 Å². The van der Waals surface area contributed by atoms with Crippen LogP contribution in [0.15, 0.2) is 71.6 Å². The first-order valence-electron chi connectivity index (χ1n) is 10.6. The average molecular weight is 438 g/mol. The molecular formula is C24H27N3O3S. The van der Waals surface area contributed by atoms with Gasteiger partial charge in [-0.2, -0.15) is 4.72 Å². The van der Waals surface area contributed by atoms with Crippen molar-refractivity contribution < 1.29 is 13.2 Å². The zero-order valence-electron chi connectivity index (χ0n) is 17.3. The number of benzene rings is 3. The van der Waals surface area contributed by atoms with Crippen LogP contribution in [-0.2, 0) is 21.2 Å². The number of hydrogen-bond donors (Lipinski definition) is 2. The van der Waals surface area contributed by atoms with Gasteiger partial charge in [0.15, 0.2) is 0 Å². The summed E-state index contributed by atoms with van der Waals surface area (Å²) in [5, 5.41) is 1.79. The molecule has 0 aliphatic carbocycles. The first-order chi connectivity index (χ1) is 14.9. The fourth-order valence-corrected chi connectivity index (χ4v) is 5.28. The molecule has 0 unspecified atom stereocenters. The van der Waals surface area contributed by atoms with E-state index in [1.807, 2.05) is 36.4 Å². The van der Waals surface area contributed by atoms with E-state index in [9.17, 15) is 13.2 Å². The SMILES string of the molecule is Nc1cccc(C[C@H](NS(=O)(=O)c2ccc3ccccc3c2)C(=O)N2CCCCC2)c1. The Morgan fingerprint density at radius 1 is 0.935 bits per heavy atom. The van der Waals surface area contributed by atoms with E-state index in [4.69, 9.17) is 5.73 Å². The van der Waals surface area contributed by atoms with Crippen molar-refractivity contribution >= 4 is 32.4 Å². The lowest BCUT2D eigenvalue weighted by atomic mass is 10.0. The van der Waals surface area contributed by atoms with Crippen LogP contribution in [0.25, 0.3) is 10.8 Å². The molecule has 0 aromatic heterocycles. The van der Waals surface area contributed by atoms with E-state index in [0.717, 1.165) is 35.6 Å². The number of likely N-dealkylation sites (tertiary alicyclic amines) is 1. The highest BCUT2D eigenvalue weighted by atomic mass is 32.2. The number of rotatable bonds is 6.